The maximum atomic E-state index is 12.5. The molecule has 0 aliphatic carbocycles. The van der Waals surface area contributed by atoms with Gasteiger partial charge in [-0.2, -0.15) is 0 Å². The first kappa shape index (κ1) is 18.8. The maximum absolute atomic E-state index is 12.5. The third kappa shape index (κ3) is 4.98. The molecule has 1 atom stereocenters. The number of nitrogens with two attached hydrogens (primary N) is 1. The van der Waals surface area contributed by atoms with E-state index in [1.165, 1.54) is 7.11 Å². The first-order valence-electron chi connectivity index (χ1n) is 8.50. The van der Waals surface area contributed by atoms with Crippen molar-refractivity contribution in [3.05, 3.63) is 29.8 Å². The molecule has 1 aromatic rings. The number of rotatable bonds is 7. The first-order chi connectivity index (χ1) is 11.9. The van der Waals surface area contributed by atoms with Gasteiger partial charge in [-0.15, -0.1) is 0 Å². The van der Waals surface area contributed by atoms with Gasteiger partial charge in [-0.3, -0.25) is 9.59 Å². The molecular formula is C19H26N2O4. The monoisotopic (exact) mass is 346 g/mol. The van der Waals surface area contributed by atoms with Crippen LogP contribution in [0, 0.1) is 5.92 Å². The van der Waals surface area contributed by atoms with Gasteiger partial charge in [0.2, 0.25) is 5.91 Å². The number of primary amides is 1. The van der Waals surface area contributed by atoms with Gasteiger partial charge in [0.05, 0.1) is 7.11 Å². The minimum Gasteiger partial charge on any atom is -0.493 e. The van der Waals surface area contributed by atoms with E-state index in [9.17, 15) is 9.59 Å². The Kier molecular flexibility index (Phi) is 6.44. The van der Waals surface area contributed by atoms with E-state index in [0.717, 1.165) is 24.9 Å². The fourth-order valence-electron chi connectivity index (χ4n) is 3.08. The van der Waals surface area contributed by atoms with E-state index in [1.807, 2.05) is 4.90 Å². The molecule has 2 amide bonds. The highest BCUT2D eigenvalue weighted by Gasteiger charge is 2.29. The molecule has 6 heteroatoms. The third-order valence-corrected chi connectivity index (χ3v) is 4.33. The van der Waals surface area contributed by atoms with Crippen LogP contribution in [0.4, 0.5) is 0 Å². The minimum atomic E-state index is -0.554. The van der Waals surface area contributed by atoms with E-state index in [1.54, 1.807) is 30.4 Å². The van der Waals surface area contributed by atoms with Crippen LogP contribution in [-0.2, 0) is 9.59 Å². The molecule has 0 radical (unpaired) electrons. The number of carbonyl (C=O) groups is 2. The predicted molar refractivity (Wildman–Crippen MR) is 96.3 cm³/mol. The smallest absolute Gasteiger partial charge is 0.255 e. The molecule has 1 aliphatic heterocycles. The van der Waals surface area contributed by atoms with Gasteiger partial charge in [0.1, 0.15) is 0 Å². The van der Waals surface area contributed by atoms with E-state index in [4.69, 9.17) is 15.2 Å². The predicted octanol–water partition coefficient (Wildman–Crippen LogP) is 2.22. The molecule has 25 heavy (non-hydrogen) atoms. The van der Waals surface area contributed by atoms with Gasteiger partial charge in [-0.05, 0) is 42.5 Å². The Morgan fingerprint density at radius 1 is 1.36 bits per heavy atom. The average Bonchev–Trinajstić information content (AvgIpc) is 3.08. The van der Waals surface area contributed by atoms with E-state index >= 15 is 0 Å². The molecule has 1 aliphatic rings. The molecule has 136 valence electrons. The Hall–Kier alpha value is -2.50. The van der Waals surface area contributed by atoms with E-state index in [2.05, 4.69) is 13.8 Å². The van der Waals surface area contributed by atoms with Crippen LogP contribution in [0.3, 0.4) is 0 Å². The highest BCUT2D eigenvalue weighted by Crippen LogP contribution is 2.29. The van der Waals surface area contributed by atoms with Crippen LogP contribution < -0.4 is 15.2 Å². The lowest BCUT2D eigenvalue weighted by Gasteiger charge is -2.26. The molecule has 1 fully saturated rings. The van der Waals surface area contributed by atoms with Gasteiger partial charge in [0.25, 0.3) is 5.91 Å². The Balaban J connectivity index is 2.07. The van der Waals surface area contributed by atoms with Crippen LogP contribution in [0.5, 0.6) is 11.5 Å². The molecule has 1 saturated heterocycles. The summed E-state index contributed by atoms with van der Waals surface area (Å²) in [7, 11) is 1.52. The van der Waals surface area contributed by atoms with Crippen molar-refractivity contribution in [2.45, 2.75) is 32.7 Å². The summed E-state index contributed by atoms with van der Waals surface area (Å²) in [4.78, 5) is 25.2. The number of amides is 2. The Bertz CT molecular complexity index is 655. The number of nitrogens with zero attached hydrogens (tertiary/aromatic N) is 1. The summed E-state index contributed by atoms with van der Waals surface area (Å²) in [6, 6.07) is 5.56. The van der Waals surface area contributed by atoms with Crippen LogP contribution in [-0.4, -0.2) is 43.0 Å². The van der Waals surface area contributed by atoms with Crippen LogP contribution in [0.25, 0.3) is 6.08 Å². The van der Waals surface area contributed by atoms with E-state index in [-0.39, 0.29) is 12.5 Å². The van der Waals surface area contributed by atoms with Crippen molar-refractivity contribution in [3.63, 3.8) is 0 Å². The third-order valence-electron chi connectivity index (χ3n) is 4.33. The van der Waals surface area contributed by atoms with Gasteiger partial charge in [-0.1, -0.05) is 19.9 Å². The fourth-order valence-corrected chi connectivity index (χ4v) is 3.08. The molecular weight excluding hydrogens is 320 g/mol. The SMILES string of the molecule is COc1cc(/C=C\C(=O)N2CCC[C@@H]2C(C)C)ccc1OCC(N)=O. The van der Waals surface area contributed by atoms with Crippen LogP contribution in [0.1, 0.15) is 32.3 Å². The lowest BCUT2D eigenvalue weighted by Crippen LogP contribution is -2.37. The second-order valence-electron chi connectivity index (χ2n) is 6.48. The number of likely N-dealkylation sites (tertiary alicyclic amines) is 1. The summed E-state index contributed by atoms with van der Waals surface area (Å²) in [5.74, 6) is 0.856. The number of carbonyl (C=O) groups excluding carboxylic acids is 2. The molecule has 0 unspecified atom stereocenters. The molecule has 0 aromatic heterocycles. The second kappa shape index (κ2) is 8.55. The summed E-state index contributed by atoms with van der Waals surface area (Å²) in [5, 5.41) is 0. The normalized spacial score (nSPS) is 17.3. The summed E-state index contributed by atoms with van der Waals surface area (Å²) < 4.78 is 10.6. The largest absolute Gasteiger partial charge is 0.493 e. The molecule has 1 aromatic carbocycles. The van der Waals surface area contributed by atoms with Crippen molar-refractivity contribution in [1.29, 1.82) is 0 Å². The first-order valence-corrected chi connectivity index (χ1v) is 8.50. The topological polar surface area (TPSA) is 81.9 Å². The Labute approximate surface area is 148 Å². The van der Waals surface area contributed by atoms with Crippen molar-refractivity contribution in [2.24, 2.45) is 11.7 Å². The molecule has 2 N–H and O–H groups in total. The number of methoxy groups -OCH3 is 1. The van der Waals surface area contributed by atoms with Crippen molar-refractivity contribution in [2.75, 3.05) is 20.3 Å². The highest BCUT2D eigenvalue weighted by molar-refractivity contribution is 5.92. The zero-order valence-corrected chi connectivity index (χ0v) is 15.0. The van der Waals surface area contributed by atoms with Gasteiger partial charge >= 0.3 is 0 Å². The lowest BCUT2D eigenvalue weighted by molar-refractivity contribution is -0.127. The molecule has 2 rings (SSSR count). The van der Waals surface area contributed by atoms with Crippen LogP contribution in [0.15, 0.2) is 24.3 Å². The highest BCUT2D eigenvalue weighted by atomic mass is 16.5. The summed E-state index contributed by atoms with van der Waals surface area (Å²) in [5.41, 5.74) is 5.89. The molecule has 0 saturated carbocycles. The van der Waals surface area contributed by atoms with E-state index in [0.29, 0.717) is 23.5 Å². The standard InChI is InChI=1S/C19H26N2O4/c1-13(2)15-5-4-10-21(15)19(23)9-7-14-6-8-16(17(11-14)24-3)25-12-18(20)22/h6-9,11,13,15H,4-5,10,12H2,1-3H3,(H2,20,22)/b9-7-/t15-/m1/s1. The Morgan fingerprint density at radius 3 is 2.76 bits per heavy atom. The Morgan fingerprint density at radius 2 is 2.12 bits per heavy atom. The van der Waals surface area contributed by atoms with Crippen LogP contribution in [0.2, 0.25) is 0 Å². The zero-order chi connectivity index (χ0) is 18.4. The maximum Gasteiger partial charge on any atom is 0.255 e. The molecule has 1 heterocycles. The number of hydrogen-bond acceptors (Lipinski definition) is 4. The van der Waals surface area contributed by atoms with Crippen molar-refractivity contribution < 1.29 is 19.1 Å². The van der Waals surface area contributed by atoms with Crippen molar-refractivity contribution in [1.82, 2.24) is 4.90 Å². The minimum absolute atomic E-state index is 0.0317. The number of hydrogen-bond donors (Lipinski definition) is 1. The second-order valence-corrected chi connectivity index (χ2v) is 6.48. The van der Waals surface area contributed by atoms with Gasteiger partial charge < -0.3 is 20.1 Å². The lowest BCUT2D eigenvalue weighted by atomic mass is 10.0. The van der Waals surface area contributed by atoms with Gasteiger partial charge in [0.15, 0.2) is 18.1 Å². The molecule has 6 nitrogen and oxygen atoms in total. The summed E-state index contributed by atoms with van der Waals surface area (Å²) in [6.45, 7) is 4.90. The molecule has 0 spiro atoms. The molecule has 0 bridgehead atoms. The summed E-state index contributed by atoms with van der Waals surface area (Å²) in [6.07, 6.45) is 5.48. The van der Waals surface area contributed by atoms with Gasteiger partial charge in [-0.25, -0.2) is 0 Å². The quantitative estimate of drug-likeness (QED) is 0.768. The number of benzene rings is 1. The number of ether oxygens (including phenoxy) is 2. The summed E-state index contributed by atoms with van der Waals surface area (Å²) >= 11 is 0. The van der Waals surface area contributed by atoms with E-state index < -0.39 is 5.91 Å². The van der Waals surface area contributed by atoms with Crippen molar-refractivity contribution >= 4 is 17.9 Å². The van der Waals surface area contributed by atoms with Gasteiger partial charge in [0, 0.05) is 18.7 Å². The van der Waals surface area contributed by atoms with Crippen LogP contribution >= 0.6 is 0 Å². The van der Waals surface area contributed by atoms with Crippen molar-refractivity contribution in [3.8, 4) is 11.5 Å². The zero-order valence-electron chi connectivity index (χ0n) is 15.0. The fraction of sp³-hybridized carbons (Fsp3) is 0.474. The average molecular weight is 346 g/mol.